The molecule has 114 valence electrons. The number of rotatable bonds is 3. The second-order valence-electron chi connectivity index (χ2n) is 4.64. The zero-order valence-corrected chi connectivity index (χ0v) is 12.7. The Morgan fingerprint density at radius 2 is 2.05 bits per heavy atom. The summed E-state index contributed by atoms with van der Waals surface area (Å²) in [4.78, 5) is 11.3. The summed E-state index contributed by atoms with van der Waals surface area (Å²) in [6.07, 6.45) is -0.933. The van der Waals surface area contributed by atoms with Gasteiger partial charge < -0.3 is 15.9 Å². The topological polar surface area (TPSA) is 110 Å². The highest BCUT2D eigenvalue weighted by atomic mass is 79.9. The molecule has 0 saturated heterocycles. The molecule has 0 aliphatic carbocycles. The number of imidazole rings is 1. The Kier molecular flexibility index (Phi) is 3.67. The van der Waals surface area contributed by atoms with Crippen molar-refractivity contribution in [1.29, 1.82) is 0 Å². The Morgan fingerprint density at radius 1 is 1.27 bits per heavy atom. The van der Waals surface area contributed by atoms with E-state index in [9.17, 15) is 9.50 Å². The fraction of sp³-hybridized carbons (Fsp3) is 0.154. The molecule has 2 heterocycles. The molecule has 0 atom stereocenters. The Labute approximate surface area is 132 Å². The van der Waals surface area contributed by atoms with Crippen molar-refractivity contribution in [1.82, 2.24) is 19.5 Å². The van der Waals surface area contributed by atoms with E-state index in [4.69, 9.17) is 10.8 Å². The summed E-state index contributed by atoms with van der Waals surface area (Å²) in [7, 11) is 0. The van der Waals surface area contributed by atoms with Crippen LogP contribution in [0.25, 0.3) is 11.2 Å². The lowest BCUT2D eigenvalue weighted by molar-refractivity contribution is 0.275. The number of aromatic hydroxyl groups is 1. The van der Waals surface area contributed by atoms with Crippen molar-refractivity contribution in [2.45, 2.75) is 13.2 Å². The lowest BCUT2D eigenvalue weighted by atomic mass is 10.1. The fourth-order valence-corrected chi connectivity index (χ4v) is 2.60. The van der Waals surface area contributed by atoms with Gasteiger partial charge in [0, 0.05) is 5.56 Å². The molecule has 22 heavy (non-hydrogen) atoms. The maximum atomic E-state index is 13.4. The van der Waals surface area contributed by atoms with Crippen molar-refractivity contribution in [3.05, 3.63) is 40.1 Å². The summed E-state index contributed by atoms with van der Waals surface area (Å²) in [5.41, 5.74) is 7.34. The minimum Gasteiger partial charge on any atom is -0.508 e. The van der Waals surface area contributed by atoms with Crippen LogP contribution < -0.4 is 5.73 Å². The number of aliphatic hydroxyl groups excluding tert-OH is 1. The molecule has 0 bridgehead atoms. The summed E-state index contributed by atoms with van der Waals surface area (Å²) in [6.45, 7) is 0.0328. The summed E-state index contributed by atoms with van der Waals surface area (Å²) >= 11 is 3.28. The van der Waals surface area contributed by atoms with Crippen molar-refractivity contribution in [3.8, 4) is 5.75 Å². The summed E-state index contributed by atoms with van der Waals surface area (Å²) in [5, 5.41) is 18.8. The molecule has 0 amide bonds. The summed E-state index contributed by atoms with van der Waals surface area (Å²) in [6, 6.07) is 4.87. The number of nitrogens with two attached hydrogens (primary N) is 1. The lowest BCUT2D eigenvalue weighted by Gasteiger charge is -2.08. The van der Waals surface area contributed by atoms with Gasteiger partial charge in [0.25, 0.3) is 0 Å². The number of anilines is 1. The van der Waals surface area contributed by atoms with Crippen LogP contribution in [0.4, 0.5) is 10.2 Å². The summed E-state index contributed by atoms with van der Waals surface area (Å²) in [5.74, 6) is -0.0544. The van der Waals surface area contributed by atoms with Crippen molar-refractivity contribution < 1.29 is 14.6 Å². The third-order valence-corrected chi connectivity index (χ3v) is 3.81. The molecular formula is C13H11BrFN5O2. The highest BCUT2D eigenvalue weighted by Crippen LogP contribution is 2.25. The standard InChI is InChI=1S/C13H11BrFN5O2/c14-12-17-9-10(16)18-13(15)19-11(9)20(12)4-6-1-2-7(5-21)8(22)3-6/h1-3,21-22H,4-5H2,(H2,16,18,19). The van der Waals surface area contributed by atoms with Crippen LogP contribution in [0, 0.1) is 6.08 Å². The van der Waals surface area contributed by atoms with Gasteiger partial charge in [-0.15, -0.1) is 0 Å². The van der Waals surface area contributed by atoms with Gasteiger partial charge in [-0.25, -0.2) is 4.98 Å². The van der Waals surface area contributed by atoms with Gasteiger partial charge in [0.1, 0.15) is 5.75 Å². The van der Waals surface area contributed by atoms with Crippen LogP contribution >= 0.6 is 15.9 Å². The van der Waals surface area contributed by atoms with E-state index in [0.29, 0.717) is 15.8 Å². The van der Waals surface area contributed by atoms with Crippen LogP contribution in [0.5, 0.6) is 5.75 Å². The van der Waals surface area contributed by atoms with E-state index in [0.717, 1.165) is 5.56 Å². The largest absolute Gasteiger partial charge is 0.508 e. The highest BCUT2D eigenvalue weighted by Gasteiger charge is 2.16. The van der Waals surface area contributed by atoms with Gasteiger partial charge in [0.15, 0.2) is 21.7 Å². The molecule has 0 radical (unpaired) electrons. The molecule has 0 spiro atoms. The Morgan fingerprint density at radius 3 is 2.73 bits per heavy atom. The zero-order valence-electron chi connectivity index (χ0n) is 11.2. The SMILES string of the molecule is Nc1nc(F)nc2c1nc(Br)n2Cc1ccc(CO)c(O)c1. The third-order valence-electron chi connectivity index (χ3n) is 3.21. The predicted octanol–water partition coefficient (Wildman–Crippen LogP) is 1.56. The minimum absolute atomic E-state index is 0.0131. The number of aromatic nitrogens is 4. The molecule has 1 aromatic carbocycles. The predicted molar refractivity (Wildman–Crippen MR) is 80.5 cm³/mol. The lowest BCUT2D eigenvalue weighted by Crippen LogP contribution is -2.04. The second kappa shape index (κ2) is 5.50. The number of nitrogens with zero attached hydrogens (tertiary/aromatic N) is 4. The molecule has 0 saturated carbocycles. The van der Waals surface area contributed by atoms with Crippen LogP contribution in [0.2, 0.25) is 0 Å². The van der Waals surface area contributed by atoms with E-state index in [-0.39, 0.29) is 30.4 Å². The van der Waals surface area contributed by atoms with E-state index < -0.39 is 6.08 Å². The molecule has 3 rings (SSSR count). The molecule has 9 heteroatoms. The Hall–Kier alpha value is -2.26. The number of fused-ring (bicyclic) bond motifs is 1. The van der Waals surface area contributed by atoms with Crippen LogP contribution in [-0.4, -0.2) is 29.7 Å². The molecule has 0 unspecified atom stereocenters. The van der Waals surface area contributed by atoms with Gasteiger partial charge in [-0.2, -0.15) is 14.4 Å². The second-order valence-corrected chi connectivity index (χ2v) is 5.35. The maximum Gasteiger partial charge on any atom is 0.312 e. The van der Waals surface area contributed by atoms with Gasteiger partial charge in [0.05, 0.1) is 13.2 Å². The molecule has 0 aliphatic heterocycles. The Bertz CT molecular complexity index is 867. The van der Waals surface area contributed by atoms with E-state index in [2.05, 4.69) is 30.9 Å². The molecule has 2 aromatic heterocycles. The smallest absolute Gasteiger partial charge is 0.312 e. The van der Waals surface area contributed by atoms with Crippen LogP contribution in [-0.2, 0) is 13.2 Å². The van der Waals surface area contributed by atoms with Crippen molar-refractivity contribution >= 4 is 32.9 Å². The van der Waals surface area contributed by atoms with Gasteiger partial charge in [-0.05, 0) is 27.6 Å². The zero-order chi connectivity index (χ0) is 15.9. The molecule has 3 aromatic rings. The molecule has 4 N–H and O–H groups in total. The van der Waals surface area contributed by atoms with Crippen LogP contribution in [0.15, 0.2) is 22.9 Å². The van der Waals surface area contributed by atoms with Gasteiger partial charge in [0.2, 0.25) is 0 Å². The molecular weight excluding hydrogens is 357 g/mol. The molecule has 7 nitrogen and oxygen atoms in total. The Balaban J connectivity index is 2.07. The van der Waals surface area contributed by atoms with Gasteiger partial charge in [-0.3, -0.25) is 4.57 Å². The van der Waals surface area contributed by atoms with Crippen molar-refractivity contribution in [2.24, 2.45) is 0 Å². The van der Waals surface area contributed by atoms with E-state index in [1.54, 1.807) is 16.7 Å². The average Bonchev–Trinajstić information content (AvgIpc) is 2.77. The first-order valence-corrected chi connectivity index (χ1v) is 7.05. The van der Waals surface area contributed by atoms with Crippen molar-refractivity contribution in [3.63, 3.8) is 0 Å². The maximum absolute atomic E-state index is 13.4. The fourth-order valence-electron chi connectivity index (χ4n) is 2.13. The first-order chi connectivity index (χ1) is 10.5. The number of nitrogen functional groups attached to an aromatic ring is 1. The minimum atomic E-state index is -0.933. The normalized spacial score (nSPS) is 11.2. The van der Waals surface area contributed by atoms with Crippen molar-refractivity contribution in [2.75, 3.05) is 5.73 Å². The van der Waals surface area contributed by atoms with Gasteiger partial charge >= 0.3 is 6.08 Å². The molecule has 0 aliphatic rings. The number of halogens is 2. The average molecular weight is 368 g/mol. The van der Waals surface area contributed by atoms with Crippen LogP contribution in [0.1, 0.15) is 11.1 Å². The van der Waals surface area contributed by atoms with E-state index in [1.807, 2.05) is 0 Å². The number of phenols is 1. The highest BCUT2D eigenvalue weighted by molar-refractivity contribution is 9.10. The first kappa shape index (κ1) is 14.7. The number of benzene rings is 1. The van der Waals surface area contributed by atoms with Crippen LogP contribution in [0.3, 0.4) is 0 Å². The number of aliphatic hydroxyl groups is 1. The monoisotopic (exact) mass is 367 g/mol. The first-order valence-electron chi connectivity index (χ1n) is 6.26. The quantitative estimate of drug-likeness (QED) is 0.478. The number of hydrogen-bond acceptors (Lipinski definition) is 6. The molecule has 0 fully saturated rings. The van der Waals surface area contributed by atoms with E-state index in [1.165, 1.54) is 6.07 Å². The third kappa shape index (κ3) is 2.48. The van der Waals surface area contributed by atoms with Gasteiger partial charge in [-0.1, -0.05) is 12.1 Å². The number of hydrogen-bond donors (Lipinski definition) is 3. The van der Waals surface area contributed by atoms with E-state index >= 15 is 0 Å². The summed E-state index contributed by atoms with van der Waals surface area (Å²) < 4.78 is 15.4.